The first kappa shape index (κ1) is 23.6. The number of nitrogens with one attached hydrogen (secondary N) is 1. The number of alkyl halides is 3. The lowest BCUT2D eigenvalue weighted by Gasteiger charge is -2.11. The van der Waals surface area contributed by atoms with Crippen molar-refractivity contribution in [1.82, 2.24) is 4.98 Å². The van der Waals surface area contributed by atoms with Crippen LogP contribution in [0.15, 0.2) is 41.5 Å². The maximum atomic E-state index is 12.1. The van der Waals surface area contributed by atoms with Crippen LogP contribution in [-0.2, 0) is 6.54 Å². The predicted octanol–water partition coefficient (Wildman–Crippen LogP) is 3.58. The van der Waals surface area contributed by atoms with Gasteiger partial charge in [-0.25, -0.2) is 9.98 Å². The highest BCUT2D eigenvalue weighted by Gasteiger charge is 2.28. The molecule has 1 aromatic heterocycles. The van der Waals surface area contributed by atoms with Gasteiger partial charge in [0.2, 0.25) is 5.88 Å². The highest BCUT2D eigenvalue weighted by molar-refractivity contribution is 14.0. The summed E-state index contributed by atoms with van der Waals surface area (Å²) in [6.07, 6.45) is -3.03. The van der Waals surface area contributed by atoms with Crippen LogP contribution in [0.25, 0.3) is 0 Å². The molecule has 7 nitrogen and oxygen atoms in total. The Balaban J connectivity index is 0.00000392. The minimum absolute atomic E-state index is 0. The third-order valence-corrected chi connectivity index (χ3v) is 3.27. The van der Waals surface area contributed by atoms with E-state index in [4.69, 9.17) is 15.2 Å². The molecule has 0 aliphatic rings. The van der Waals surface area contributed by atoms with Gasteiger partial charge in [-0.1, -0.05) is 6.07 Å². The first-order valence-electron chi connectivity index (χ1n) is 7.74. The number of guanidine groups is 1. The molecule has 0 atom stereocenters. The summed E-state index contributed by atoms with van der Waals surface area (Å²) < 4.78 is 51.2. The molecule has 0 aliphatic heterocycles. The number of aromatic nitrogens is 1. The maximum absolute atomic E-state index is 12.1. The highest BCUT2D eigenvalue weighted by Crippen LogP contribution is 2.29. The summed E-state index contributed by atoms with van der Waals surface area (Å²) in [5.41, 5.74) is 7.15. The number of anilines is 1. The number of pyridine rings is 1. The molecular formula is C17H20F3IN4O3. The number of aliphatic imine (C=N–C) groups is 1. The molecule has 1 heterocycles. The van der Waals surface area contributed by atoms with Crippen LogP contribution in [0.1, 0.15) is 5.56 Å². The Hall–Kier alpha value is -2.44. The molecule has 1 aromatic carbocycles. The van der Waals surface area contributed by atoms with Crippen LogP contribution in [0.5, 0.6) is 17.4 Å². The van der Waals surface area contributed by atoms with Gasteiger partial charge in [-0.05, 0) is 17.7 Å². The zero-order valence-corrected chi connectivity index (χ0v) is 17.4. The fourth-order valence-corrected chi connectivity index (χ4v) is 2.02. The summed E-state index contributed by atoms with van der Waals surface area (Å²) in [4.78, 5) is 7.96. The Bertz CT molecular complexity index is 786. The van der Waals surface area contributed by atoms with Gasteiger partial charge < -0.3 is 25.3 Å². The fraction of sp³-hybridized carbons (Fsp3) is 0.294. The Morgan fingerprint density at radius 3 is 2.43 bits per heavy atom. The molecule has 154 valence electrons. The van der Waals surface area contributed by atoms with Crippen LogP contribution >= 0.6 is 24.0 Å². The molecule has 3 N–H and O–H groups in total. The number of methoxy groups -OCH3 is 2. The average Bonchev–Trinajstić information content (AvgIpc) is 2.64. The van der Waals surface area contributed by atoms with Gasteiger partial charge in [0.05, 0.1) is 20.8 Å². The smallest absolute Gasteiger partial charge is 0.422 e. The minimum atomic E-state index is -4.41. The number of ether oxygens (including phenoxy) is 3. The topological polar surface area (TPSA) is 91.0 Å². The quantitative estimate of drug-likeness (QED) is 0.335. The number of hydrogen-bond donors (Lipinski definition) is 2. The van der Waals surface area contributed by atoms with Crippen LogP contribution < -0.4 is 25.3 Å². The second-order valence-corrected chi connectivity index (χ2v) is 5.30. The third-order valence-electron chi connectivity index (χ3n) is 3.27. The highest BCUT2D eigenvalue weighted by atomic mass is 127. The number of hydrogen-bond acceptors (Lipinski definition) is 5. The number of nitrogens with two attached hydrogens (primary N) is 1. The van der Waals surface area contributed by atoms with E-state index in [0.717, 1.165) is 0 Å². The molecule has 28 heavy (non-hydrogen) atoms. The van der Waals surface area contributed by atoms with Gasteiger partial charge in [0.15, 0.2) is 24.1 Å². The lowest BCUT2D eigenvalue weighted by Crippen LogP contribution is -2.22. The molecule has 0 unspecified atom stereocenters. The number of rotatable bonds is 7. The fourth-order valence-electron chi connectivity index (χ4n) is 2.02. The van der Waals surface area contributed by atoms with Crippen LogP contribution in [-0.4, -0.2) is 37.9 Å². The Kier molecular flexibility index (Phi) is 9.09. The first-order valence-corrected chi connectivity index (χ1v) is 7.74. The number of halogens is 4. The van der Waals surface area contributed by atoms with Crippen molar-refractivity contribution in [3.8, 4) is 17.4 Å². The summed E-state index contributed by atoms with van der Waals surface area (Å²) in [6.45, 7) is -1.20. The van der Waals surface area contributed by atoms with Crippen molar-refractivity contribution in [2.24, 2.45) is 10.7 Å². The van der Waals surface area contributed by atoms with Crippen molar-refractivity contribution in [1.29, 1.82) is 0 Å². The molecule has 0 aliphatic carbocycles. The predicted molar refractivity (Wildman–Crippen MR) is 110 cm³/mol. The van der Waals surface area contributed by atoms with Crippen molar-refractivity contribution in [3.05, 3.63) is 42.1 Å². The van der Waals surface area contributed by atoms with Gasteiger partial charge in [-0.2, -0.15) is 13.2 Å². The van der Waals surface area contributed by atoms with Crippen molar-refractivity contribution in [3.63, 3.8) is 0 Å². The average molecular weight is 512 g/mol. The van der Waals surface area contributed by atoms with Crippen LogP contribution in [0, 0.1) is 0 Å². The molecule has 0 saturated heterocycles. The summed E-state index contributed by atoms with van der Waals surface area (Å²) in [7, 11) is 3.06. The van der Waals surface area contributed by atoms with Gasteiger partial charge >= 0.3 is 6.18 Å². The molecule has 0 spiro atoms. The number of nitrogens with zero attached hydrogens (tertiary/aromatic N) is 2. The van der Waals surface area contributed by atoms with Crippen molar-refractivity contribution in [2.75, 3.05) is 26.1 Å². The standard InChI is InChI=1S/C17H19F3N4O3.HI/c1-25-13-5-4-12(7-14(13)26-2)24-16(21)23-9-11-3-6-15(22-8-11)27-10-17(18,19)20;/h3-8H,9-10H2,1-2H3,(H3,21,23,24);1H. The van der Waals surface area contributed by atoms with E-state index in [1.54, 1.807) is 24.3 Å². The van der Waals surface area contributed by atoms with Gasteiger partial charge in [0.25, 0.3) is 0 Å². The summed E-state index contributed by atoms with van der Waals surface area (Å²) in [6, 6.07) is 8.08. The monoisotopic (exact) mass is 512 g/mol. The molecular weight excluding hydrogens is 492 g/mol. The van der Waals surface area contributed by atoms with Gasteiger partial charge in [-0.15, -0.1) is 24.0 Å². The largest absolute Gasteiger partial charge is 0.493 e. The molecule has 2 rings (SSSR count). The lowest BCUT2D eigenvalue weighted by molar-refractivity contribution is -0.154. The molecule has 0 fully saturated rings. The molecule has 0 saturated carbocycles. The summed E-state index contributed by atoms with van der Waals surface area (Å²) in [5.74, 6) is 1.16. The van der Waals surface area contributed by atoms with E-state index in [9.17, 15) is 13.2 Å². The molecule has 0 bridgehead atoms. The second kappa shape index (κ2) is 10.8. The third kappa shape index (κ3) is 7.66. The molecule has 2 aromatic rings. The normalized spacial score (nSPS) is 11.4. The van der Waals surface area contributed by atoms with E-state index in [1.165, 1.54) is 26.5 Å². The molecule has 11 heteroatoms. The van der Waals surface area contributed by atoms with Gasteiger partial charge in [-0.3, -0.25) is 0 Å². The Morgan fingerprint density at radius 2 is 1.86 bits per heavy atom. The minimum Gasteiger partial charge on any atom is -0.493 e. The second-order valence-electron chi connectivity index (χ2n) is 5.30. The number of benzene rings is 1. The van der Waals surface area contributed by atoms with E-state index >= 15 is 0 Å². The van der Waals surface area contributed by atoms with E-state index in [0.29, 0.717) is 22.7 Å². The van der Waals surface area contributed by atoms with Crippen molar-refractivity contribution in [2.45, 2.75) is 12.7 Å². The first-order chi connectivity index (χ1) is 12.8. The van der Waals surface area contributed by atoms with Gasteiger partial charge in [0.1, 0.15) is 0 Å². The maximum Gasteiger partial charge on any atom is 0.422 e. The Morgan fingerprint density at radius 1 is 1.14 bits per heavy atom. The van der Waals surface area contributed by atoms with E-state index in [2.05, 4.69) is 20.0 Å². The zero-order valence-electron chi connectivity index (χ0n) is 15.1. The van der Waals surface area contributed by atoms with E-state index in [1.807, 2.05) is 0 Å². The van der Waals surface area contributed by atoms with Crippen LogP contribution in [0.2, 0.25) is 0 Å². The van der Waals surface area contributed by atoms with E-state index < -0.39 is 12.8 Å². The van der Waals surface area contributed by atoms with Crippen LogP contribution in [0.4, 0.5) is 18.9 Å². The van der Waals surface area contributed by atoms with Crippen molar-refractivity contribution < 1.29 is 27.4 Å². The summed E-state index contributed by atoms with van der Waals surface area (Å²) in [5, 5.41) is 2.91. The molecule has 0 amide bonds. The molecule has 0 radical (unpaired) electrons. The lowest BCUT2D eigenvalue weighted by atomic mass is 10.2. The van der Waals surface area contributed by atoms with Crippen molar-refractivity contribution >= 4 is 35.6 Å². The SMILES string of the molecule is COc1ccc(NC(N)=NCc2ccc(OCC(F)(F)F)nc2)cc1OC.I. The zero-order chi connectivity index (χ0) is 19.9. The van der Waals surface area contributed by atoms with Gasteiger partial charge in [0, 0.05) is 24.0 Å². The van der Waals surface area contributed by atoms with Crippen LogP contribution in [0.3, 0.4) is 0 Å². The summed E-state index contributed by atoms with van der Waals surface area (Å²) >= 11 is 0. The van der Waals surface area contributed by atoms with E-state index in [-0.39, 0.29) is 42.4 Å². The Labute approximate surface area is 177 Å².